The molecule has 1 amide bonds. The number of aliphatic hydroxyl groups is 1. The molecule has 1 aliphatic heterocycles. The van der Waals surface area contributed by atoms with Crippen LogP contribution in [0.15, 0.2) is 84.9 Å². The number of halogens is 2. The molecule has 0 saturated carbocycles. The summed E-state index contributed by atoms with van der Waals surface area (Å²) >= 11 is 12.9. The molecule has 4 rings (SSSR count). The highest BCUT2D eigenvalue weighted by Gasteiger charge is 2.45. The highest BCUT2D eigenvalue weighted by molar-refractivity contribution is 6.30. The molecule has 1 saturated heterocycles. The lowest BCUT2D eigenvalue weighted by Gasteiger charge is -2.43. The first-order valence-electron chi connectivity index (χ1n) is 12.0. The second-order valence-electron chi connectivity index (χ2n) is 9.55. The lowest BCUT2D eigenvalue weighted by atomic mass is 9.70. The summed E-state index contributed by atoms with van der Waals surface area (Å²) in [5.41, 5.74) is 0.563. The molecule has 3 aromatic carbocycles. The number of nitrogens with zero attached hydrogens (tertiary/aromatic N) is 2. The molecule has 2 atom stereocenters. The van der Waals surface area contributed by atoms with E-state index in [9.17, 15) is 9.90 Å². The average Bonchev–Trinajstić information content (AvgIpc) is 2.87. The van der Waals surface area contributed by atoms with Crippen molar-refractivity contribution < 1.29 is 9.90 Å². The minimum absolute atomic E-state index is 0.0377. The van der Waals surface area contributed by atoms with Crippen molar-refractivity contribution >= 4 is 29.1 Å². The zero-order chi connectivity index (χ0) is 25.1. The van der Waals surface area contributed by atoms with E-state index in [2.05, 4.69) is 4.90 Å². The molecule has 0 spiro atoms. The van der Waals surface area contributed by atoms with Gasteiger partial charge in [0.15, 0.2) is 0 Å². The van der Waals surface area contributed by atoms with E-state index < -0.39 is 11.0 Å². The van der Waals surface area contributed by atoms with Gasteiger partial charge >= 0.3 is 0 Å². The van der Waals surface area contributed by atoms with E-state index >= 15 is 0 Å². The number of carbonyl (C=O) groups is 1. The second kappa shape index (κ2) is 10.7. The summed E-state index contributed by atoms with van der Waals surface area (Å²) in [6, 6.07) is 27.3. The van der Waals surface area contributed by atoms with Gasteiger partial charge in [0.05, 0.1) is 11.1 Å². The number of carbonyl (C=O) groups excluding carboxylic acids is 1. The Morgan fingerprint density at radius 3 is 2.03 bits per heavy atom. The number of benzene rings is 3. The standard InChI is InChI=1S/C29H32Cl2N2O2/c1-32(2)27(34)29(23-9-5-3-6-10-23,24-11-7-4-8-12-24)18-20-33-19-17-28(35,21-26(33)31)22-13-15-25(30)16-14-22/h3-16,26,35H,17-21H2,1-2H3. The van der Waals surface area contributed by atoms with Crippen molar-refractivity contribution in [3.8, 4) is 0 Å². The van der Waals surface area contributed by atoms with Crippen LogP contribution in [-0.4, -0.2) is 53.5 Å². The first kappa shape index (κ1) is 25.7. The van der Waals surface area contributed by atoms with Crippen molar-refractivity contribution in [3.63, 3.8) is 0 Å². The fourth-order valence-electron chi connectivity index (χ4n) is 5.20. The van der Waals surface area contributed by atoms with Gasteiger partial charge in [-0.25, -0.2) is 0 Å². The molecule has 0 radical (unpaired) electrons. The Balaban J connectivity index is 1.61. The number of likely N-dealkylation sites (tertiary alicyclic amines) is 1. The van der Waals surface area contributed by atoms with Crippen LogP contribution in [0.5, 0.6) is 0 Å². The van der Waals surface area contributed by atoms with Crippen LogP contribution in [0.25, 0.3) is 0 Å². The van der Waals surface area contributed by atoms with Crippen LogP contribution in [0.2, 0.25) is 5.02 Å². The van der Waals surface area contributed by atoms with Gasteiger partial charge in [-0.05, 0) is 41.7 Å². The third kappa shape index (κ3) is 5.26. The van der Waals surface area contributed by atoms with Crippen LogP contribution in [0.3, 0.4) is 0 Å². The summed E-state index contributed by atoms with van der Waals surface area (Å²) in [7, 11) is 3.61. The van der Waals surface area contributed by atoms with Crippen molar-refractivity contribution in [2.24, 2.45) is 0 Å². The maximum Gasteiger partial charge on any atom is 0.237 e. The predicted molar refractivity (Wildman–Crippen MR) is 143 cm³/mol. The van der Waals surface area contributed by atoms with Gasteiger partial charge < -0.3 is 10.0 Å². The Kier molecular flexibility index (Phi) is 7.87. The largest absolute Gasteiger partial charge is 0.385 e. The van der Waals surface area contributed by atoms with E-state index in [0.29, 0.717) is 37.4 Å². The lowest BCUT2D eigenvalue weighted by Crippen LogP contribution is -2.50. The summed E-state index contributed by atoms with van der Waals surface area (Å²) in [5, 5.41) is 12.0. The first-order chi connectivity index (χ1) is 16.8. The van der Waals surface area contributed by atoms with Crippen molar-refractivity contribution in [1.82, 2.24) is 9.80 Å². The average molecular weight is 511 g/mol. The van der Waals surface area contributed by atoms with E-state index in [1.807, 2.05) is 72.8 Å². The monoisotopic (exact) mass is 510 g/mol. The second-order valence-corrected chi connectivity index (χ2v) is 10.5. The third-order valence-electron chi connectivity index (χ3n) is 7.17. The van der Waals surface area contributed by atoms with Crippen molar-refractivity contribution in [2.45, 2.75) is 35.8 Å². The fourth-order valence-corrected chi connectivity index (χ4v) is 5.78. The number of amides is 1. The quantitative estimate of drug-likeness (QED) is 0.329. The Morgan fingerprint density at radius 2 is 1.54 bits per heavy atom. The Morgan fingerprint density at radius 1 is 1.00 bits per heavy atom. The molecule has 3 aromatic rings. The van der Waals surface area contributed by atoms with Crippen LogP contribution < -0.4 is 0 Å². The molecule has 1 heterocycles. The zero-order valence-corrected chi connectivity index (χ0v) is 21.7. The summed E-state index contributed by atoms with van der Waals surface area (Å²) in [4.78, 5) is 17.7. The molecule has 184 valence electrons. The van der Waals surface area contributed by atoms with Gasteiger partial charge in [-0.1, -0.05) is 84.4 Å². The molecule has 1 aliphatic rings. The van der Waals surface area contributed by atoms with E-state index in [0.717, 1.165) is 16.7 Å². The molecule has 0 bridgehead atoms. The summed E-state index contributed by atoms with van der Waals surface area (Å²) in [6.07, 6.45) is 1.53. The smallest absolute Gasteiger partial charge is 0.237 e. The van der Waals surface area contributed by atoms with Gasteiger partial charge in [-0.15, -0.1) is 11.6 Å². The number of hydrogen-bond donors (Lipinski definition) is 1. The molecule has 6 heteroatoms. The Labute approximate surface area is 218 Å². The summed E-state index contributed by atoms with van der Waals surface area (Å²) < 4.78 is 0. The zero-order valence-electron chi connectivity index (χ0n) is 20.2. The van der Waals surface area contributed by atoms with Crippen molar-refractivity contribution in [3.05, 3.63) is 107 Å². The van der Waals surface area contributed by atoms with E-state index in [-0.39, 0.29) is 11.4 Å². The molecule has 1 N–H and O–H groups in total. The number of alkyl halides is 1. The lowest BCUT2D eigenvalue weighted by molar-refractivity contribution is -0.134. The van der Waals surface area contributed by atoms with Crippen LogP contribution in [0, 0.1) is 0 Å². The SMILES string of the molecule is CN(C)C(=O)C(CCN1CCC(O)(c2ccc(Cl)cc2)CC1Cl)(c1ccccc1)c1ccccc1. The Bertz CT molecular complexity index is 1080. The summed E-state index contributed by atoms with van der Waals surface area (Å²) in [6.45, 7) is 1.25. The van der Waals surface area contributed by atoms with E-state index in [4.69, 9.17) is 23.2 Å². The third-order valence-corrected chi connectivity index (χ3v) is 7.86. The van der Waals surface area contributed by atoms with Gasteiger partial charge in [0.1, 0.15) is 5.41 Å². The van der Waals surface area contributed by atoms with Crippen LogP contribution in [-0.2, 0) is 15.8 Å². The minimum Gasteiger partial charge on any atom is -0.385 e. The first-order valence-corrected chi connectivity index (χ1v) is 12.8. The number of likely N-dealkylation sites (N-methyl/N-ethyl adjacent to an activating group) is 1. The van der Waals surface area contributed by atoms with Gasteiger partial charge in [0.25, 0.3) is 0 Å². The van der Waals surface area contributed by atoms with E-state index in [1.165, 1.54) is 0 Å². The number of hydrogen-bond acceptors (Lipinski definition) is 3. The normalized spacial score (nSPS) is 21.0. The maximum atomic E-state index is 13.9. The highest BCUT2D eigenvalue weighted by atomic mass is 35.5. The van der Waals surface area contributed by atoms with E-state index in [1.54, 1.807) is 31.1 Å². The molecular formula is C29H32Cl2N2O2. The van der Waals surface area contributed by atoms with Crippen LogP contribution in [0.1, 0.15) is 36.0 Å². The molecule has 35 heavy (non-hydrogen) atoms. The van der Waals surface area contributed by atoms with Crippen LogP contribution >= 0.6 is 23.2 Å². The van der Waals surface area contributed by atoms with Gasteiger partial charge in [-0.3, -0.25) is 9.69 Å². The molecule has 0 aromatic heterocycles. The maximum absolute atomic E-state index is 13.9. The van der Waals surface area contributed by atoms with Gasteiger partial charge in [0, 0.05) is 38.6 Å². The number of piperidine rings is 1. The molecule has 1 fully saturated rings. The summed E-state index contributed by atoms with van der Waals surface area (Å²) in [5.74, 6) is 0.0377. The predicted octanol–water partition coefficient (Wildman–Crippen LogP) is 5.65. The molecule has 2 unspecified atom stereocenters. The van der Waals surface area contributed by atoms with Gasteiger partial charge in [0.2, 0.25) is 5.91 Å². The van der Waals surface area contributed by atoms with Crippen LogP contribution in [0.4, 0.5) is 0 Å². The van der Waals surface area contributed by atoms with Crippen molar-refractivity contribution in [2.75, 3.05) is 27.2 Å². The highest BCUT2D eigenvalue weighted by Crippen LogP contribution is 2.41. The molecule has 0 aliphatic carbocycles. The molecule has 4 nitrogen and oxygen atoms in total. The fraction of sp³-hybridized carbons (Fsp3) is 0.345. The minimum atomic E-state index is -0.997. The number of rotatable bonds is 7. The van der Waals surface area contributed by atoms with Gasteiger partial charge in [-0.2, -0.15) is 0 Å². The Hall–Kier alpha value is -2.37. The topological polar surface area (TPSA) is 43.8 Å². The van der Waals surface area contributed by atoms with Crippen molar-refractivity contribution in [1.29, 1.82) is 0 Å². The molecular weight excluding hydrogens is 479 g/mol.